The van der Waals surface area contributed by atoms with E-state index >= 15 is 0 Å². The zero-order valence-corrected chi connectivity index (χ0v) is 12.1. The van der Waals surface area contributed by atoms with E-state index in [4.69, 9.17) is 4.74 Å². The Morgan fingerprint density at radius 1 is 1.33 bits per heavy atom. The molecule has 0 aliphatic heterocycles. The number of nitrogens with zero attached hydrogens (tertiary/aromatic N) is 1. The van der Waals surface area contributed by atoms with Crippen LogP contribution in [0.3, 0.4) is 0 Å². The second-order valence-corrected chi connectivity index (χ2v) is 5.17. The average Bonchev–Trinajstić information content (AvgIpc) is 3.18. The van der Waals surface area contributed by atoms with Crippen LogP contribution in [0.1, 0.15) is 10.4 Å². The fourth-order valence-electron chi connectivity index (χ4n) is 1.88. The molecular formula is C15H13N3O2S. The van der Waals surface area contributed by atoms with Gasteiger partial charge in [0.15, 0.2) is 5.13 Å². The fraction of sp³-hybridized carbons (Fsp3) is 0.0667. The average molecular weight is 299 g/mol. The third-order valence-electron chi connectivity index (χ3n) is 2.93. The molecule has 0 atom stereocenters. The molecule has 1 aromatic carbocycles. The normalized spacial score (nSPS) is 10.3. The second kappa shape index (κ2) is 5.80. The lowest BCUT2D eigenvalue weighted by Crippen LogP contribution is -2.11. The highest BCUT2D eigenvalue weighted by Crippen LogP contribution is 2.24. The number of carbonyl (C=O) groups excluding carboxylic acids is 1. The van der Waals surface area contributed by atoms with Gasteiger partial charge in [0.2, 0.25) is 0 Å². The van der Waals surface area contributed by atoms with Gasteiger partial charge in [-0.25, -0.2) is 4.98 Å². The van der Waals surface area contributed by atoms with Crippen LogP contribution < -0.4 is 10.1 Å². The molecule has 0 radical (unpaired) electrons. The monoisotopic (exact) mass is 299 g/mol. The Morgan fingerprint density at radius 2 is 2.24 bits per heavy atom. The Balaban J connectivity index is 1.75. The van der Waals surface area contributed by atoms with Gasteiger partial charge in [-0.3, -0.25) is 10.1 Å². The first-order valence-electron chi connectivity index (χ1n) is 6.31. The molecule has 0 fully saturated rings. The third kappa shape index (κ3) is 2.95. The molecule has 1 amide bonds. The molecule has 0 unspecified atom stereocenters. The smallest absolute Gasteiger partial charge is 0.257 e. The summed E-state index contributed by atoms with van der Waals surface area (Å²) < 4.78 is 5.11. The van der Waals surface area contributed by atoms with E-state index in [0.29, 0.717) is 16.4 Å². The van der Waals surface area contributed by atoms with E-state index in [-0.39, 0.29) is 5.91 Å². The number of H-pyrrole nitrogens is 1. The molecule has 21 heavy (non-hydrogen) atoms. The number of thiazole rings is 1. The molecule has 2 N–H and O–H groups in total. The quantitative estimate of drug-likeness (QED) is 0.776. The molecule has 6 heteroatoms. The Kier molecular flexibility index (Phi) is 3.70. The lowest BCUT2D eigenvalue weighted by Gasteiger charge is -2.04. The van der Waals surface area contributed by atoms with E-state index in [1.807, 2.05) is 23.7 Å². The first-order chi connectivity index (χ1) is 10.3. The summed E-state index contributed by atoms with van der Waals surface area (Å²) in [5, 5.41) is 5.25. The summed E-state index contributed by atoms with van der Waals surface area (Å²) in [6.07, 6.45) is 1.84. The van der Waals surface area contributed by atoms with Crippen molar-refractivity contribution in [3.8, 4) is 17.1 Å². The minimum absolute atomic E-state index is 0.207. The maximum Gasteiger partial charge on any atom is 0.257 e. The molecule has 3 rings (SSSR count). The van der Waals surface area contributed by atoms with Crippen LogP contribution in [0.5, 0.6) is 5.75 Å². The van der Waals surface area contributed by atoms with Crippen LogP contribution in [0, 0.1) is 0 Å². The molecule has 0 saturated heterocycles. The number of rotatable bonds is 4. The van der Waals surface area contributed by atoms with E-state index in [0.717, 1.165) is 11.4 Å². The van der Waals surface area contributed by atoms with Crippen molar-refractivity contribution < 1.29 is 9.53 Å². The highest BCUT2D eigenvalue weighted by molar-refractivity contribution is 7.14. The second-order valence-electron chi connectivity index (χ2n) is 4.31. The van der Waals surface area contributed by atoms with Crippen LogP contribution in [-0.2, 0) is 0 Å². The number of hydrogen-bond acceptors (Lipinski definition) is 4. The lowest BCUT2D eigenvalue weighted by atomic mass is 10.2. The predicted octanol–water partition coefficient (Wildman–Crippen LogP) is 3.40. The Bertz CT molecular complexity index is 750. The SMILES string of the molecule is COc1cccc(C(=O)Nc2nc(-c3ccc[nH]3)cs2)c1. The van der Waals surface area contributed by atoms with Crippen LogP contribution in [0.4, 0.5) is 5.13 Å². The van der Waals surface area contributed by atoms with Crippen molar-refractivity contribution in [2.24, 2.45) is 0 Å². The highest BCUT2D eigenvalue weighted by Gasteiger charge is 2.10. The van der Waals surface area contributed by atoms with Crippen LogP contribution >= 0.6 is 11.3 Å². The maximum absolute atomic E-state index is 12.2. The van der Waals surface area contributed by atoms with E-state index in [9.17, 15) is 4.79 Å². The molecular weight excluding hydrogens is 286 g/mol. The molecule has 0 aliphatic carbocycles. The third-order valence-corrected chi connectivity index (χ3v) is 3.69. The Morgan fingerprint density at radius 3 is 3.00 bits per heavy atom. The Hall–Kier alpha value is -2.60. The molecule has 2 heterocycles. The van der Waals surface area contributed by atoms with Gasteiger partial charge in [-0.05, 0) is 30.3 Å². The van der Waals surface area contributed by atoms with Gasteiger partial charge >= 0.3 is 0 Å². The van der Waals surface area contributed by atoms with Gasteiger partial charge in [0.25, 0.3) is 5.91 Å². The van der Waals surface area contributed by atoms with Gasteiger partial charge in [0.05, 0.1) is 18.5 Å². The number of hydrogen-bond donors (Lipinski definition) is 2. The van der Waals surface area contributed by atoms with Crippen molar-refractivity contribution in [2.45, 2.75) is 0 Å². The molecule has 0 bridgehead atoms. The summed E-state index contributed by atoms with van der Waals surface area (Å²) in [6, 6.07) is 10.8. The van der Waals surface area contributed by atoms with Crippen molar-refractivity contribution >= 4 is 22.4 Å². The van der Waals surface area contributed by atoms with Gasteiger partial charge in [0, 0.05) is 17.1 Å². The summed E-state index contributed by atoms with van der Waals surface area (Å²) >= 11 is 1.39. The minimum atomic E-state index is -0.207. The number of nitrogens with one attached hydrogen (secondary N) is 2. The van der Waals surface area contributed by atoms with Gasteiger partial charge in [-0.15, -0.1) is 11.3 Å². The number of methoxy groups -OCH3 is 1. The summed E-state index contributed by atoms with van der Waals surface area (Å²) in [7, 11) is 1.57. The summed E-state index contributed by atoms with van der Waals surface area (Å²) in [6.45, 7) is 0. The predicted molar refractivity (Wildman–Crippen MR) is 82.8 cm³/mol. The number of aromatic nitrogens is 2. The zero-order chi connectivity index (χ0) is 14.7. The molecule has 3 aromatic rings. The van der Waals surface area contributed by atoms with Crippen molar-refractivity contribution in [3.05, 3.63) is 53.5 Å². The van der Waals surface area contributed by atoms with E-state index in [1.54, 1.807) is 31.4 Å². The first kappa shape index (κ1) is 13.4. The van der Waals surface area contributed by atoms with Crippen LogP contribution in [0.25, 0.3) is 11.4 Å². The summed E-state index contributed by atoms with van der Waals surface area (Å²) in [4.78, 5) is 19.6. The van der Waals surface area contributed by atoms with Crippen LogP contribution in [-0.4, -0.2) is 23.0 Å². The number of aromatic amines is 1. The summed E-state index contributed by atoms with van der Waals surface area (Å²) in [5.41, 5.74) is 2.27. The maximum atomic E-state index is 12.2. The number of carbonyl (C=O) groups is 1. The van der Waals surface area contributed by atoms with Crippen molar-refractivity contribution in [3.63, 3.8) is 0 Å². The molecule has 2 aromatic heterocycles. The number of ether oxygens (including phenoxy) is 1. The highest BCUT2D eigenvalue weighted by atomic mass is 32.1. The largest absolute Gasteiger partial charge is 0.497 e. The van der Waals surface area contributed by atoms with Crippen LogP contribution in [0.2, 0.25) is 0 Å². The van der Waals surface area contributed by atoms with Crippen molar-refractivity contribution in [1.29, 1.82) is 0 Å². The van der Waals surface area contributed by atoms with Gasteiger partial charge in [0.1, 0.15) is 5.75 Å². The van der Waals surface area contributed by atoms with Gasteiger partial charge < -0.3 is 9.72 Å². The molecule has 0 aliphatic rings. The Labute approximate surface area is 125 Å². The first-order valence-corrected chi connectivity index (χ1v) is 7.19. The minimum Gasteiger partial charge on any atom is -0.497 e. The van der Waals surface area contributed by atoms with Crippen molar-refractivity contribution in [2.75, 3.05) is 12.4 Å². The standard InChI is InChI=1S/C15H13N3O2S/c1-20-11-5-2-4-10(8-11)14(19)18-15-17-13(9-21-15)12-6-3-7-16-12/h2-9,16H,1H3,(H,17,18,19). The molecule has 0 saturated carbocycles. The zero-order valence-electron chi connectivity index (χ0n) is 11.3. The number of anilines is 1. The summed E-state index contributed by atoms with van der Waals surface area (Å²) in [5.74, 6) is 0.440. The van der Waals surface area contributed by atoms with Crippen molar-refractivity contribution in [1.82, 2.24) is 9.97 Å². The number of amides is 1. The van der Waals surface area contributed by atoms with E-state index in [2.05, 4.69) is 15.3 Å². The topological polar surface area (TPSA) is 67.0 Å². The molecule has 5 nitrogen and oxygen atoms in total. The van der Waals surface area contributed by atoms with Crippen LogP contribution in [0.15, 0.2) is 48.0 Å². The van der Waals surface area contributed by atoms with E-state index < -0.39 is 0 Å². The van der Waals surface area contributed by atoms with Gasteiger partial charge in [-0.1, -0.05) is 6.07 Å². The van der Waals surface area contributed by atoms with E-state index in [1.165, 1.54) is 11.3 Å². The lowest BCUT2D eigenvalue weighted by molar-refractivity contribution is 0.102. The fourth-order valence-corrected chi connectivity index (χ4v) is 2.58. The molecule has 106 valence electrons. The molecule has 0 spiro atoms. The number of benzene rings is 1. The van der Waals surface area contributed by atoms with Gasteiger partial charge in [-0.2, -0.15) is 0 Å².